The maximum atomic E-state index is 12.8. The van der Waals surface area contributed by atoms with Crippen molar-refractivity contribution in [3.8, 4) is 10.8 Å². The highest BCUT2D eigenvalue weighted by atomic mass is 32.1. The number of nitrogens with zero attached hydrogens (tertiary/aromatic N) is 4. The number of hydrogen-bond acceptors (Lipinski definition) is 7. The Morgan fingerprint density at radius 1 is 1.32 bits per heavy atom. The van der Waals surface area contributed by atoms with Crippen molar-refractivity contribution in [3.05, 3.63) is 29.5 Å². The summed E-state index contributed by atoms with van der Waals surface area (Å²) in [5.41, 5.74) is -0.899. The van der Waals surface area contributed by atoms with E-state index in [2.05, 4.69) is 15.0 Å². The number of carbonyl (C=O) groups excluding carboxylic acids is 1. The summed E-state index contributed by atoms with van der Waals surface area (Å²) in [4.78, 5) is 39.2. The Bertz CT molecular complexity index is 811. The summed E-state index contributed by atoms with van der Waals surface area (Å²) in [6.07, 6.45) is 5.17. The molecule has 0 saturated carbocycles. The quantitative estimate of drug-likeness (QED) is 0.875. The second kappa shape index (κ2) is 6.16. The molecular formula is C16H16N4O4S. The fourth-order valence-electron chi connectivity index (χ4n) is 3.50. The monoisotopic (exact) mass is 360 g/mol. The van der Waals surface area contributed by atoms with Crippen molar-refractivity contribution >= 4 is 23.2 Å². The van der Waals surface area contributed by atoms with E-state index < -0.39 is 11.4 Å². The number of fused-ring (bicyclic) bond motifs is 1. The van der Waals surface area contributed by atoms with Gasteiger partial charge in [-0.1, -0.05) is 0 Å². The molecular weight excluding hydrogens is 344 g/mol. The molecule has 2 aliphatic rings. The van der Waals surface area contributed by atoms with Crippen LogP contribution in [0.5, 0.6) is 0 Å². The van der Waals surface area contributed by atoms with Gasteiger partial charge < -0.3 is 14.7 Å². The van der Waals surface area contributed by atoms with Crippen LogP contribution in [0, 0.1) is 11.3 Å². The van der Waals surface area contributed by atoms with Gasteiger partial charge in [0, 0.05) is 38.0 Å². The van der Waals surface area contributed by atoms with Crippen LogP contribution in [-0.4, -0.2) is 63.1 Å². The second-order valence-electron chi connectivity index (χ2n) is 6.27. The van der Waals surface area contributed by atoms with E-state index in [0.717, 1.165) is 0 Å². The lowest BCUT2D eigenvalue weighted by atomic mass is 9.74. The minimum Gasteiger partial charge on any atom is -0.481 e. The lowest BCUT2D eigenvalue weighted by Gasteiger charge is -2.33. The molecule has 1 N–H and O–H groups in total. The molecule has 2 saturated heterocycles. The topological polar surface area (TPSA) is 106 Å². The highest BCUT2D eigenvalue weighted by molar-refractivity contribution is 7.16. The minimum atomic E-state index is -0.899. The van der Waals surface area contributed by atoms with Gasteiger partial charge in [-0.3, -0.25) is 9.59 Å². The second-order valence-corrected chi connectivity index (χ2v) is 7.30. The van der Waals surface area contributed by atoms with Gasteiger partial charge in [-0.25, -0.2) is 15.0 Å². The Morgan fingerprint density at radius 2 is 2.12 bits per heavy atom. The van der Waals surface area contributed by atoms with E-state index in [1.165, 1.54) is 17.5 Å². The number of aliphatic carboxylic acids is 1. The Labute approximate surface area is 147 Å². The molecule has 0 unspecified atom stereocenters. The van der Waals surface area contributed by atoms with E-state index >= 15 is 0 Å². The molecule has 4 heterocycles. The largest absolute Gasteiger partial charge is 0.481 e. The smallest absolute Gasteiger partial charge is 0.311 e. The van der Waals surface area contributed by atoms with E-state index in [0.29, 0.717) is 41.9 Å². The fraction of sp³-hybridized carbons (Fsp3) is 0.438. The molecule has 0 spiro atoms. The van der Waals surface area contributed by atoms with Crippen molar-refractivity contribution in [1.29, 1.82) is 0 Å². The molecule has 1 amide bonds. The highest BCUT2D eigenvalue weighted by Crippen LogP contribution is 2.43. The summed E-state index contributed by atoms with van der Waals surface area (Å²) in [6, 6.07) is 1.71. The number of carboxylic acids is 1. The summed E-state index contributed by atoms with van der Waals surface area (Å²) < 4.78 is 5.43. The van der Waals surface area contributed by atoms with Gasteiger partial charge in [-0.05, 0) is 12.5 Å². The number of carboxylic acid groups (broad SMARTS) is 1. The molecule has 0 radical (unpaired) electrons. The molecule has 2 fully saturated rings. The van der Waals surface area contributed by atoms with Gasteiger partial charge in [0.1, 0.15) is 4.88 Å². The summed E-state index contributed by atoms with van der Waals surface area (Å²) in [6.45, 7) is 1.40. The van der Waals surface area contributed by atoms with Crippen LogP contribution in [-0.2, 0) is 9.53 Å². The molecule has 2 aromatic rings. The lowest BCUT2D eigenvalue weighted by molar-refractivity contribution is -0.157. The number of carbonyl (C=O) groups is 2. The van der Waals surface area contributed by atoms with Crippen molar-refractivity contribution in [2.45, 2.75) is 6.42 Å². The average molecular weight is 360 g/mol. The number of likely N-dealkylation sites (tertiary alicyclic amines) is 1. The maximum absolute atomic E-state index is 12.8. The van der Waals surface area contributed by atoms with Crippen molar-refractivity contribution < 1.29 is 19.4 Å². The first-order valence-electron chi connectivity index (χ1n) is 7.94. The molecule has 25 heavy (non-hydrogen) atoms. The molecule has 0 bridgehead atoms. The number of aromatic nitrogens is 3. The fourth-order valence-corrected chi connectivity index (χ4v) is 4.33. The van der Waals surface area contributed by atoms with Gasteiger partial charge in [0.25, 0.3) is 5.91 Å². The molecule has 2 aromatic heterocycles. The van der Waals surface area contributed by atoms with E-state index in [1.54, 1.807) is 23.4 Å². The van der Waals surface area contributed by atoms with E-state index in [4.69, 9.17) is 4.74 Å². The van der Waals surface area contributed by atoms with Crippen LogP contribution in [0.2, 0.25) is 0 Å². The normalized spacial score (nSPS) is 25.6. The SMILES string of the molecule is O=C(c1cnc(-c2ncccn2)s1)N1C[C@H]2COCC[C@@]2(C(=O)O)C1. The first-order valence-corrected chi connectivity index (χ1v) is 8.75. The van der Waals surface area contributed by atoms with Crippen molar-refractivity contribution in [3.63, 3.8) is 0 Å². The predicted molar refractivity (Wildman–Crippen MR) is 88.0 cm³/mol. The maximum Gasteiger partial charge on any atom is 0.311 e. The van der Waals surface area contributed by atoms with Crippen LogP contribution in [0.15, 0.2) is 24.7 Å². The van der Waals surface area contributed by atoms with Gasteiger partial charge in [0.2, 0.25) is 0 Å². The Morgan fingerprint density at radius 3 is 2.84 bits per heavy atom. The number of rotatable bonds is 3. The number of amides is 1. The Hall–Kier alpha value is -2.39. The number of hydrogen-bond donors (Lipinski definition) is 1. The summed E-state index contributed by atoms with van der Waals surface area (Å²) >= 11 is 1.22. The van der Waals surface area contributed by atoms with Crippen LogP contribution >= 0.6 is 11.3 Å². The summed E-state index contributed by atoms with van der Waals surface area (Å²) in [7, 11) is 0. The van der Waals surface area contributed by atoms with Crippen LogP contribution in [0.3, 0.4) is 0 Å². The van der Waals surface area contributed by atoms with E-state index in [9.17, 15) is 14.7 Å². The van der Waals surface area contributed by atoms with E-state index in [-0.39, 0.29) is 18.4 Å². The lowest BCUT2D eigenvalue weighted by Crippen LogP contribution is -2.45. The third-order valence-electron chi connectivity index (χ3n) is 4.89. The molecule has 2 aliphatic heterocycles. The number of thiazole rings is 1. The van der Waals surface area contributed by atoms with Gasteiger partial charge in [0.05, 0.1) is 18.2 Å². The average Bonchev–Trinajstić information content (AvgIpc) is 3.27. The van der Waals surface area contributed by atoms with Crippen molar-refractivity contribution in [1.82, 2.24) is 19.9 Å². The molecule has 130 valence electrons. The van der Waals surface area contributed by atoms with Crippen LogP contribution in [0.25, 0.3) is 10.8 Å². The minimum absolute atomic E-state index is 0.174. The van der Waals surface area contributed by atoms with E-state index in [1.807, 2.05) is 0 Å². The first kappa shape index (κ1) is 16.1. The Balaban J connectivity index is 1.56. The zero-order valence-corrected chi connectivity index (χ0v) is 14.1. The molecule has 9 heteroatoms. The van der Waals surface area contributed by atoms with Crippen LogP contribution in [0.4, 0.5) is 0 Å². The number of ether oxygens (including phenoxy) is 1. The van der Waals surface area contributed by atoms with Crippen LogP contribution < -0.4 is 0 Å². The third-order valence-corrected chi connectivity index (χ3v) is 5.87. The molecule has 0 aliphatic carbocycles. The molecule has 2 atom stereocenters. The van der Waals surface area contributed by atoms with Gasteiger partial charge in [0.15, 0.2) is 10.8 Å². The standard InChI is InChI=1S/C16H16N4O4S/c21-14(11-6-19-13(25-11)12-17-3-1-4-18-12)20-7-10-8-24-5-2-16(10,9-20)15(22)23/h1,3-4,6,10H,2,5,7-9H2,(H,22,23)/t10-,16+/m0/s1. The van der Waals surface area contributed by atoms with Gasteiger partial charge >= 0.3 is 5.97 Å². The molecule has 4 rings (SSSR count). The van der Waals surface area contributed by atoms with Crippen molar-refractivity contribution in [2.24, 2.45) is 11.3 Å². The third kappa shape index (κ3) is 2.69. The molecule has 8 nitrogen and oxygen atoms in total. The molecule has 0 aromatic carbocycles. The Kier molecular flexibility index (Phi) is 3.97. The van der Waals surface area contributed by atoms with Gasteiger partial charge in [-0.2, -0.15) is 0 Å². The predicted octanol–water partition coefficient (Wildman–Crippen LogP) is 1.16. The van der Waals surface area contributed by atoms with Crippen LogP contribution in [0.1, 0.15) is 16.1 Å². The van der Waals surface area contributed by atoms with Gasteiger partial charge in [-0.15, -0.1) is 11.3 Å². The summed E-state index contributed by atoms with van der Waals surface area (Å²) in [5.74, 6) is -0.752. The first-order chi connectivity index (χ1) is 12.1. The zero-order valence-electron chi connectivity index (χ0n) is 13.3. The highest BCUT2D eigenvalue weighted by Gasteiger charge is 2.55. The zero-order chi connectivity index (χ0) is 17.4. The summed E-state index contributed by atoms with van der Waals surface area (Å²) in [5, 5.41) is 10.3. The van der Waals surface area contributed by atoms with Crippen molar-refractivity contribution in [2.75, 3.05) is 26.3 Å².